The van der Waals surface area contributed by atoms with Gasteiger partial charge in [0.05, 0.1) is 13.7 Å². The average Bonchev–Trinajstić information content (AvgIpc) is 2.11. The molecule has 0 N–H and O–H groups in total. The maximum absolute atomic E-state index is 10.6. The zero-order chi connectivity index (χ0) is 9.40. The van der Waals surface area contributed by atoms with Crippen LogP contribution in [0.4, 0.5) is 4.79 Å². The van der Waals surface area contributed by atoms with Gasteiger partial charge in [0, 0.05) is 6.61 Å². The molecule has 0 bridgehead atoms. The molecule has 0 fully saturated rings. The normalized spacial score (nSPS) is 12.2. The first-order valence-corrected chi connectivity index (χ1v) is 4.06. The van der Waals surface area contributed by atoms with Crippen LogP contribution in [-0.2, 0) is 14.2 Å². The average molecular weight is 176 g/mol. The Hall–Kier alpha value is -0.770. The molecule has 0 aliphatic heterocycles. The maximum Gasteiger partial charge on any atom is 0.508 e. The summed E-state index contributed by atoms with van der Waals surface area (Å²) in [7, 11) is 1.29. The minimum absolute atomic E-state index is 0.197. The van der Waals surface area contributed by atoms with Crippen molar-refractivity contribution in [3.8, 4) is 0 Å². The molecule has 0 aliphatic carbocycles. The van der Waals surface area contributed by atoms with Crippen molar-refractivity contribution in [1.82, 2.24) is 0 Å². The highest BCUT2D eigenvalue weighted by molar-refractivity contribution is 5.59. The number of carbonyl (C=O) groups is 1. The monoisotopic (exact) mass is 176 g/mol. The van der Waals surface area contributed by atoms with Crippen LogP contribution in [0.1, 0.15) is 20.3 Å². The maximum atomic E-state index is 10.6. The summed E-state index contributed by atoms with van der Waals surface area (Å²) >= 11 is 0. The Morgan fingerprint density at radius 2 is 2.08 bits per heavy atom. The van der Waals surface area contributed by atoms with E-state index in [1.165, 1.54) is 7.11 Å². The van der Waals surface area contributed by atoms with Gasteiger partial charge in [0.2, 0.25) is 0 Å². The Morgan fingerprint density at radius 3 is 2.50 bits per heavy atom. The number of carbonyl (C=O) groups excluding carboxylic acids is 1. The fourth-order valence-corrected chi connectivity index (χ4v) is 0.669. The SMILES string of the molecule is CCOCC(CC)OC(=O)OC. The van der Waals surface area contributed by atoms with Crippen molar-refractivity contribution in [2.24, 2.45) is 0 Å². The van der Waals surface area contributed by atoms with E-state index in [-0.39, 0.29) is 6.10 Å². The second kappa shape index (κ2) is 6.91. The van der Waals surface area contributed by atoms with Crippen molar-refractivity contribution in [2.45, 2.75) is 26.4 Å². The first kappa shape index (κ1) is 11.2. The molecule has 0 radical (unpaired) electrons. The molecule has 12 heavy (non-hydrogen) atoms. The van der Waals surface area contributed by atoms with Gasteiger partial charge in [-0.3, -0.25) is 0 Å². The molecule has 0 rings (SSSR count). The van der Waals surface area contributed by atoms with E-state index in [4.69, 9.17) is 9.47 Å². The summed E-state index contributed by atoms with van der Waals surface area (Å²) in [6, 6.07) is 0. The van der Waals surface area contributed by atoms with Crippen molar-refractivity contribution >= 4 is 6.16 Å². The van der Waals surface area contributed by atoms with E-state index >= 15 is 0 Å². The van der Waals surface area contributed by atoms with Crippen LogP contribution in [-0.4, -0.2) is 32.6 Å². The van der Waals surface area contributed by atoms with Crippen LogP contribution >= 0.6 is 0 Å². The standard InChI is InChI=1S/C8H16O4/c1-4-7(6-11-5-2)12-8(9)10-3/h7H,4-6H2,1-3H3. The smallest absolute Gasteiger partial charge is 0.438 e. The number of hydrogen-bond donors (Lipinski definition) is 0. The van der Waals surface area contributed by atoms with Crippen LogP contribution in [0, 0.1) is 0 Å². The van der Waals surface area contributed by atoms with Gasteiger partial charge in [-0.15, -0.1) is 0 Å². The third-order valence-electron chi connectivity index (χ3n) is 1.39. The summed E-state index contributed by atoms with van der Waals surface area (Å²) in [5.74, 6) is 0. The van der Waals surface area contributed by atoms with E-state index in [9.17, 15) is 4.79 Å². The van der Waals surface area contributed by atoms with E-state index in [2.05, 4.69) is 4.74 Å². The third kappa shape index (κ3) is 4.96. The predicted octanol–water partition coefficient (Wildman–Crippen LogP) is 1.58. The van der Waals surface area contributed by atoms with Crippen molar-refractivity contribution in [3.63, 3.8) is 0 Å². The minimum atomic E-state index is -0.651. The zero-order valence-corrected chi connectivity index (χ0v) is 7.83. The number of rotatable bonds is 5. The van der Waals surface area contributed by atoms with Crippen LogP contribution in [0.15, 0.2) is 0 Å². The van der Waals surface area contributed by atoms with Crippen LogP contribution in [0.5, 0.6) is 0 Å². The molecular weight excluding hydrogens is 160 g/mol. The van der Waals surface area contributed by atoms with E-state index in [0.717, 1.165) is 6.42 Å². The second-order valence-corrected chi connectivity index (χ2v) is 2.26. The molecule has 4 nitrogen and oxygen atoms in total. The summed E-state index contributed by atoms with van der Waals surface area (Å²) < 4.78 is 14.3. The van der Waals surface area contributed by atoms with Crippen molar-refractivity contribution in [1.29, 1.82) is 0 Å². The van der Waals surface area contributed by atoms with Gasteiger partial charge >= 0.3 is 6.16 Å². The van der Waals surface area contributed by atoms with Gasteiger partial charge in [-0.2, -0.15) is 0 Å². The summed E-state index contributed by atoms with van der Waals surface area (Å²) in [6.07, 6.45) is -0.117. The van der Waals surface area contributed by atoms with Gasteiger partial charge < -0.3 is 14.2 Å². The van der Waals surface area contributed by atoms with Gasteiger partial charge in [-0.25, -0.2) is 4.79 Å². The van der Waals surface area contributed by atoms with E-state index < -0.39 is 6.16 Å². The molecule has 0 aliphatic rings. The summed E-state index contributed by atoms with van der Waals surface area (Å²) in [5.41, 5.74) is 0. The molecule has 1 unspecified atom stereocenters. The zero-order valence-electron chi connectivity index (χ0n) is 7.83. The molecule has 0 heterocycles. The fourth-order valence-electron chi connectivity index (χ4n) is 0.669. The highest BCUT2D eigenvalue weighted by atomic mass is 16.7. The lowest BCUT2D eigenvalue weighted by molar-refractivity contribution is -0.00776. The molecule has 0 aromatic carbocycles. The predicted molar refractivity (Wildman–Crippen MR) is 44.1 cm³/mol. The first-order valence-electron chi connectivity index (χ1n) is 4.06. The molecular formula is C8H16O4. The molecule has 0 spiro atoms. The number of methoxy groups -OCH3 is 1. The van der Waals surface area contributed by atoms with E-state index in [1.54, 1.807) is 0 Å². The lowest BCUT2D eigenvalue weighted by Gasteiger charge is -2.14. The lowest BCUT2D eigenvalue weighted by atomic mass is 10.3. The largest absolute Gasteiger partial charge is 0.508 e. The highest BCUT2D eigenvalue weighted by Gasteiger charge is 2.11. The topological polar surface area (TPSA) is 44.8 Å². The summed E-state index contributed by atoms with van der Waals surface area (Å²) in [5, 5.41) is 0. The Kier molecular flexibility index (Phi) is 6.47. The molecule has 0 saturated heterocycles. The third-order valence-corrected chi connectivity index (χ3v) is 1.39. The Balaban J connectivity index is 3.59. The Morgan fingerprint density at radius 1 is 1.42 bits per heavy atom. The number of hydrogen-bond acceptors (Lipinski definition) is 4. The Labute approximate surface area is 72.8 Å². The van der Waals surface area contributed by atoms with Crippen LogP contribution in [0.2, 0.25) is 0 Å². The second-order valence-electron chi connectivity index (χ2n) is 2.26. The highest BCUT2D eigenvalue weighted by Crippen LogP contribution is 2.00. The van der Waals surface area contributed by atoms with E-state index in [1.807, 2.05) is 13.8 Å². The van der Waals surface area contributed by atoms with Gasteiger partial charge in [-0.1, -0.05) is 6.92 Å². The van der Waals surface area contributed by atoms with Crippen LogP contribution in [0.25, 0.3) is 0 Å². The molecule has 0 saturated carbocycles. The van der Waals surface area contributed by atoms with Gasteiger partial charge in [-0.05, 0) is 13.3 Å². The summed E-state index contributed by atoms with van der Waals surface area (Å²) in [4.78, 5) is 10.6. The minimum Gasteiger partial charge on any atom is -0.438 e. The van der Waals surface area contributed by atoms with Gasteiger partial charge in [0.1, 0.15) is 6.10 Å². The van der Waals surface area contributed by atoms with Gasteiger partial charge in [0.15, 0.2) is 0 Å². The van der Waals surface area contributed by atoms with Crippen molar-refractivity contribution < 1.29 is 19.0 Å². The van der Waals surface area contributed by atoms with Gasteiger partial charge in [0.25, 0.3) is 0 Å². The van der Waals surface area contributed by atoms with E-state index in [0.29, 0.717) is 13.2 Å². The van der Waals surface area contributed by atoms with Crippen LogP contribution in [0.3, 0.4) is 0 Å². The molecule has 0 amide bonds. The molecule has 0 aromatic rings. The lowest BCUT2D eigenvalue weighted by Crippen LogP contribution is -2.22. The molecule has 1 atom stereocenters. The first-order chi connectivity index (χ1) is 5.74. The summed E-state index contributed by atoms with van der Waals surface area (Å²) in [6.45, 7) is 4.88. The molecule has 72 valence electrons. The number of ether oxygens (including phenoxy) is 3. The molecule has 0 aromatic heterocycles. The molecule has 4 heteroatoms. The quantitative estimate of drug-likeness (QED) is 0.596. The van der Waals surface area contributed by atoms with Crippen molar-refractivity contribution in [3.05, 3.63) is 0 Å². The van der Waals surface area contributed by atoms with Crippen molar-refractivity contribution in [2.75, 3.05) is 20.3 Å². The fraction of sp³-hybridized carbons (Fsp3) is 0.875. The van der Waals surface area contributed by atoms with Crippen LogP contribution < -0.4 is 0 Å². The Bertz CT molecular complexity index is 124.